The van der Waals surface area contributed by atoms with Gasteiger partial charge in [-0.1, -0.05) is 0 Å². The highest BCUT2D eigenvalue weighted by molar-refractivity contribution is 7.88. The maximum Gasteiger partial charge on any atom is 0.401 e. The van der Waals surface area contributed by atoms with E-state index in [-0.39, 0.29) is 44.2 Å². The van der Waals surface area contributed by atoms with Crippen LogP contribution in [0.25, 0.3) is 0 Å². The van der Waals surface area contributed by atoms with Crippen molar-refractivity contribution in [2.24, 2.45) is 0 Å². The van der Waals surface area contributed by atoms with Crippen molar-refractivity contribution in [2.45, 2.75) is 12.7 Å². The van der Waals surface area contributed by atoms with E-state index in [4.69, 9.17) is 4.42 Å². The number of amides is 1. The van der Waals surface area contributed by atoms with E-state index in [2.05, 4.69) is 4.72 Å². The van der Waals surface area contributed by atoms with Crippen LogP contribution in [-0.4, -0.2) is 69.3 Å². The van der Waals surface area contributed by atoms with E-state index in [1.807, 2.05) is 0 Å². The number of piperazine rings is 1. The Balaban J connectivity index is 1.88. The monoisotopic (exact) mass is 369 g/mol. The van der Waals surface area contributed by atoms with E-state index in [9.17, 15) is 26.4 Å². The molecule has 0 bridgehead atoms. The van der Waals surface area contributed by atoms with Crippen LogP contribution >= 0.6 is 0 Å². The molecule has 1 amide bonds. The molecule has 1 saturated heterocycles. The normalized spacial score (nSPS) is 17.2. The van der Waals surface area contributed by atoms with Crippen molar-refractivity contribution in [3.05, 3.63) is 23.7 Å². The molecule has 11 heteroatoms. The molecule has 1 aromatic rings. The molecule has 2 rings (SSSR count). The third-order valence-electron chi connectivity index (χ3n) is 3.44. The summed E-state index contributed by atoms with van der Waals surface area (Å²) in [5.74, 6) is -0.115. The van der Waals surface area contributed by atoms with Gasteiger partial charge in [-0.2, -0.15) is 13.2 Å². The number of hydrogen-bond acceptors (Lipinski definition) is 5. The number of sulfonamides is 1. The van der Waals surface area contributed by atoms with Gasteiger partial charge in [-0.15, -0.1) is 0 Å². The Hall–Kier alpha value is -1.59. The van der Waals surface area contributed by atoms with Crippen molar-refractivity contribution in [3.63, 3.8) is 0 Å². The van der Waals surface area contributed by atoms with Crippen molar-refractivity contribution in [1.29, 1.82) is 0 Å². The molecule has 0 spiro atoms. The van der Waals surface area contributed by atoms with E-state index in [1.54, 1.807) is 0 Å². The van der Waals surface area contributed by atoms with Crippen LogP contribution in [-0.2, 0) is 16.6 Å². The number of halogens is 3. The molecule has 0 unspecified atom stereocenters. The molecule has 1 N–H and O–H groups in total. The van der Waals surface area contributed by atoms with Crippen LogP contribution in [0.3, 0.4) is 0 Å². The fourth-order valence-electron chi connectivity index (χ4n) is 2.31. The first-order chi connectivity index (χ1) is 11.0. The molecule has 0 aliphatic carbocycles. The summed E-state index contributed by atoms with van der Waals surface area (Å²) in [4.78, 5) is 14.9. The average Bonchev–Trinajstić information content (AvgIpc) is 2.92. The minimum Gasteiger partial charge on any atom is -0.455 e. The highest BCUT2D eigenvalue weighted by Crippen LogP contribution is 2.18. The second kappa shape index (κ2) is 7.11. The maximum atomic E-state index is 12.3. The Bertz CT molecular complexity index is 679. The smallest absolute Gasteiger partial charge is 0.401 e. The number of nitrogens with zero attached hydrogens (tertiary/aromatic N) is 2. The van der Waals surface area contributed by atoms with Crippen LogP contribution in [0.2, 0.25) is 0 Å². The topological polar surface area (TPSA) is 82.9 Å². The average molecular weight is 369 g/mol. The molecule has 1 fully saturated rings. The van der Waals surface area contributed by atoms with Crippen molar-refractivity contribution in [3.8, 4) is 0 Å². The lowest BCUT2D eigenvalue weighted by Gasteiger charge is -2.34. The highest BCUT2D eigenvalue weighted by atomic mass is 32.2. The first-order valence-electron chi connectivity index (χ1n) is 7.15. The Morgan fingerprint density at radius 2 is 1.88 bits per heavy atom. The number of rotatable bonds is 5. The van der Waals surface area contributed by atoms with Crippen molar-refractivity contribution < 1.29 is 30.8 Å². The molecule has 1 aliphatic rings. The van der Waals surface area contributed by atoms with Crippen LogP contribution in [0.5, 0.6) is 0 Å². The van der Waals surface area contributed by atoms with Gasteiger partial charge in [-0.25, -0.2) is 13.1 Å². The summed E-state index contributed by atoms with van der Waals surface area (Å²) < 4.78 is 66.5. The Labute approximate surface area is 137 Å². The van der Waals surface area contributed by atoms with Gasteiger partial charge in [-0.3, -0.25) is 9.69 Å². The van der Waals surface area contributed by atoms with Crippen molar-refractivity contribution in [2.75, 3.05) is 39.0 Å². The fraction of sp³-hybridized carbons (Fsp3) is 0.615. The molecule has 0 aromatic carbocycles. The molecular weight excluding hydrogens is 351 g/mol. The minimum atomic E-state index is -4.26. The number of alkyl halides is 3. The van der Waals surface area contributed by atoms with Gasteiger partial charge in [-0.05, 0) is 12.1 Å². The summed E-state index contributed by atoms with van der Waals surface area (Å²) in [5, 5.41) is 0. The molecular formula is C13H18F3N3O4S. The predicted octanol–water partition coefficient (Wildman–Crippen LogP) is 0.649. The molecule has 0 radical (unpaired) electrons. The summed E-state index contributed by atoms with van der Waals surface area (Å²) in [7, 11) is -3.38. The molecule has 0 saturated carbocycles. The van der Waals surface area contributed by atoms with Crippen LogP contribution in [0.4, 0.5) is 13.2 Å². The van der Waals surface area contributed by atoms with E-state index in [1.165, 1.54) is 21.9 Å². The van der Waals surface area contributed by atoms with Crippen LogP contribution in [0.15, 0.2) is 16.5 Å². The lowest BCUT2D eigenvalue weighted by molar-refractivity contribution is -0.148. The molecule has 2 heterocycles. The van der Waals surface area contributed by atoms with Crippen LogP contribution < -0.4 is 4.72 Å². The van der Waals surface area contributed by atoms with E-state index in [0.29, 0.717) is 0 Å². The SMILES string of the molecule is CS(=O)(=O)NCc1ccc(C(=O)N2CCN(CC(F)(F)F)CC2)o1. The van der Waals surface area contributed by atoms with Crippen molar-refractivity contribution in [1.82, 2.24) is 14.5 Å². The number of carbonyl (C=O) groups excluding carboxylic acids is 1. The number of furan rings is 1. The summed E-state index contributed by atoms with van der Waals surface area (Å²) in [6, 6.07) is 2.90. The first-order valence-corrected chi connectivity index (χ1v) is 9.04. The van der Waals surface area contributed by atoms with Crippen LogP contribution in [0, 0.1) is 0 Å². The molecule has 24 heavy (non-hydrogen) atoms. The lowest BCUT2D eigenvalue weighted by atomic mass is 10.3. The highest BCUT2D eigenvalue weighted by Gasteiger charge is 2.33. The van der Waals surface area contributed by atoms with Crippen molar-refractivity contribution >= 4 is 15.9 Å². The Morgan fingerprint density at radius 1 is 1.25 bits per heavy atom. The summed E-state index contributed by atoms with van der Waals surface area (Å²) in [5.41, 5.74) is 0. The van der Waals surface area contributed by atoms with Crippen LogP contribution in [0.1, 0.15) is 16.3 Å². The lowest BCUT2D eigenvalue weighted by Crippen LogP contribution is -2.50. The third kappa shape index (κ3) is 5.80. The van der Waals surface area contributed by atoms with E-state index >= 15 is 0 Å². The largest absolute Gasteiger partial charge is 0.455 e. The number of carbonyl (C=O) groups is 1. The Kier molecular flexibility index (Phi) is 5.56. The van der Waals surface area contributed by atoms with E-state index in [0.717, 1.165) is 6.26 Å². The third-order valence-corrected chi connectivity index (χ3v) is 4.11. The number of hydrogen-bond donors (Lipinski definition) is 1. The maximum absolute atomic E-state index is 12.3. The van der Waals surface area contributed by atoms with E-state index < -0.39 is 28.7 Å². The van der Waals surface area contributed by atoms with Gasteiger partial charge in [0, 0.05) is 26.2 Å². The first kappa shape index (κ1) is 18.7. The molecule has 1 aliphatic heterocycles. The van der Waals surface area contributed by atoms with Gasteiger partial charge >= 0.3 is 6.18 Å². The van der Waals surface area contributed by atoms with Gasteiger partial charge in [0.2, 0.25) is 10.0 Å². The van der Waals surface area contributed by atoms with Gasteiger partial charge in [0.15, 0.2) is 5.76 Å². The molecule has 0 atom stereocenters. The zero-order valence-electron chi connectivity index (χ0n) is 13.0. The van der Waals surface area contributed by atoms with Gasteiger partial charge in [0.05, 0.1) is 19.3 Å². The quantitative estimate of drug-likeness (QED) is 0.824. The Morgan fingerprint density at radius 3 is 2.42 bits per heavy atom. The molecule has 1 aromatic heterocycles. The second-order valence-corrected chi connectivity index (χ2v) is 7.38. The summed E-state index contributed by atoms with van der Waals surface area (Å²) >= 11 is 0. The summed E-state index contributed by atoms with van der Waals surface area (Å²) in [6.07, 6.45) is -3.25. The zero-order valence-corrected chi connectivity index (χ0v) is 13.8. The summed E-state index contributed by atoms with van der Waals surface area (Å²) in [6.45, 7) is -0.454. The molecule has 7 nitrogen and oxygen atoms in total. The number of nitrogens with one attached hydrogen (secondary N) is 1. The zero-order chi connectivity index (χ0) is 18.0. The van der Waals surface area contributed by atoms with Gasteiger partial charge in [0.25, 0.3) is 5.91 Å². The van der Waals surface area contributed by atoms with Gasteiger partial charge < -0.3 is 9.32 Å². The minimum absolute atomic E-state index is 0.0320. The fourth-order valence-corrected chi connectivity index (χ4v) is 2.71. The second-order valence-electron chi connectivity index (χ2n) is 5.54. The predicted molar refractivity (Wildman–Crippen MR) is 78.8 cm³/mol. The standard InChI is InChI=1S/C13H18F3N3O4S/c1-24(21,22)17-8-10-2-3-11(23-10)12(20)19-6-4-18(5-7-19)9-13(14,15)16/h2-3,17H,4-9H2,1H3. The van der Waals surface area contributed by atoms with Gasteiger partial charge in [0.1, 0.15) is 5.76 Å². The molecule has 136 valence electrons.